The van der Waals surface area contributed by atoms with Gasteiger partial charge in [-0.2, -0.15) is 0 Å². The first-order chi connectivity index (χ1) is 12.2. The van der Waals surface area contributed by atoms with Crippen LogP contribution in [0.3, 0.4) is 0 Å². The summed E-state index contributed by atoms with van der Waals surface area (Å²) in [5.41, 5.74) is 2.76. The fourth-order valence-electron chi connectivity index (χ4n) is 2.27. The number of benzene rings is 1. The van der Waals surface area contributed by atoms with E-state index < -0.39 is 0 Å². The van der Waals surface area contributed by atoms with Gasteiger partial charge in [-0.05, 0) is 35.9 Å². The Bertz CT molecular complexity index is 838. The molecular weight excluding hydrogens is 380 g/mol. The lowest BCUT2D eigenvalue weighted by molar-refractivity contribution is -0.115. The molecule has 0 atom stereocenters. The van der Waals surface area contributed by atoms with Crippen molar-refractivity contribution in [3.63, 3.8) is 0 Å². The zero-order chi connectivity index (χ0) is 17.5. The molecule has 0 radical (unpaired) electrons. The molecule has 1 aromatic carbocycles. The monoisotopic (exact) mass is 396 g/mol. The number of halogens is 1. The maximum atomic E-state index is 12.1. The van der Waals surface area contributed by atoms with Crippen molar-refractivity contribution in [2.24, 2.45) is 0 Å². The van der Waals surface area contributed by atoms with Crippen molar-refractivity contribution in [2.75, 3.05) is 10.6 Å². The highest BCUT2D eigenvalue weighted by molar-refractivity contribution is 9.10. The Balaban J connectivity index is 1.53. The van der Waals surface area contributed by atoms with E-state index in [1.165, 1.54) is 0 Å². The molecule has 0 aliphatic carbocycles. The molecule has 0 aliphatic heterocycles. The summed E-state index contributed by atoms with van der Waals surface area (Å²) in [5, 5.41) is 6.05. The fraction of sp³-hybridized carbons (Fsp3) is 0.105. The summed E-state index contributed by atoms with van der Waals surface area (Å²) < 4.78 is 0.923. The Labute approximate surface area is 154 Å². The van der Waals surface area contributed by atoms with E-state index in [2.05, 4.69) is 36.5 Å². The van der Waals surface area contributed by atoms with Gasteiger partial charge in [0.1, 0.15) is 5.82 Å². The number of aromatic nitrogens is 2. The molecule has 0 unspecified atom stereocenters. The van der Waals surface area contributed by atoms with Crippen LogP contribution in [0.4, 0.5) is 11.5 Å². The van der Waals surface area contributed by atoms with Crippen LogP contribution in [0, 0.1) is 0 Å². The standard InChI is InChI=1S/C19H17BrN4O/c20-17-7-2-1-5-14(17)11-19(25)24-18-9-8-16(13-23-18)22-12-15-6-3-4-10-21-15/h1-10,13,22H,11-12H2,(H,23,24,25). The lowest BCUT2D eigenvalue weighted by atomic mass is 10.1. The summed E-state index contributed by atoms with van der Waals surface area (Å²) >= 11 is 3.45. The molecule has 0 bridgehead atoms. The first-order valence-electron chi connectivity index (χ1n) is 7.84. The van der Waals surface area contributed by atoms with Crippen LogP contribution >= 0.6 is 15.9 Å². The van der Waals surface area contributed by atoms with Gasteiger partial charge in [0.2, 0.25) is 5.91 Å². The number of nitrogens with one attached hydrogen (secondary N) is 2. The predicted molar refractivity (Wildman–Crippen MR) is 102 cm³/mol. The Morgan fingerprint density at radius 2 is 1.84 bits per heavy atom. The van der Waals surface area contributed by atoms with Crippen molar-refractivity contribution < 1.29 is 4.79 Å². The SMILES string of the molecule is O=C(Cc1ccccc1Br)Nc1ccc(NCc2ccccn2)cn1. The molecule has 2 heterocycles. The van der Waals surface area contributed by atoms with E-state index in [1.54, 1.807) is 18.5 Å². The maximum Gasteiger partial charge on any atom is 0.229 e. The van der Waals surface area contributed by atoms with Gasteiger partial charge in [0.25, 0.3) is 0 Å². The van der Waals surface area contributed by atoms with E-state index in [0.717, 1.165) is 21.4 Å². The van der Waals surface area contributed by atoms with Gasteiger partial charge in [0.15, 0.2) is 0 Å². The van der Waals surface area contributed by atoms with Crippen LogP contribution in [0.2, 0.25) is 0 Å². The van der Waals surface area contributed by atoms with Gasteiger partial charge >= 0.3 is 0 Å². The smallest absolute Gasteiger partial charge is 0.229 e. The van der Waals surface area contributed by atoms with Crippen molar-refractivity contribution in [2.45, 2.75) is 13.0 Å². The van der Waals surface area contributed by atoms with Crippen LogP contribution in [-0.2, 0) is 17.8 Å². The molecule has 0 spiro atoms. The van der Waals surface area contributed by atoms with Gasteiger partial charge in [-0.3, -0.25) is 9.78 Å². The van der Waals surface area contributed by atoms with Crippen molar-refractivity contribution in [1.29, 1.82) is 0 Å². The van der Waals surface area contributed by atoms with Crippen molar-refractivity contribution in [3.05, 3.63) is 82.7 Å². The highest BCUT2D eigenvalue weighted by Crippen LogP contribution is 2.17. The van der Waals surface area contributed by atoms with Gasteiger partial charge in [0.05, 0.1) is 30.5 Å². The summed E-state index contributed by atoms with van der Waals surface area (Å²) in [6, 6.07) is 17.1. The average Bonchev–Trinajstić information content (AvgIpc) is 2.64. The van der Waals surface area contributed by atoms with E-state index >= 15 is 0 Å². The largest absolute Gasteiger partial charge is 0.378 e. The lowest BCUT2D eigenvalue weighted by Crippen LogP contribution is -2.15. The molecule has 0 saturated heterocycles. The third-order valence-corrected chi connectivity index (χ3v) is 4.31. The van der Waals surface area contributed by atoms with Gasteiger partial charge < -0.3 is 10.6 Å². The molecule has 3 rings (SSSR count). The molecule has 2 N–H and O–H groups in total. The minimum absolute atomic E-state index is 0.103. The van der Waals surface area contributed by atoms with E-state index in [0.29, 0.717) is 18.8 Å². The second kappa shape index (κ2) is 8.39. The van der Waals surface area contributed by atoms with Crippen LogP contribution in [0.1, 0.15) is 11.3 Å². The molecule has 1 amide bonds. The number of nitrogens with zero attached hydrogens (tertiary/aromatic N) is 2. The number of hydrogen-bond donors (Lipinski definition) is 2. The second-order valence-electron chi connectivity index (χ2n) is 5.42. The summed E-state index contributed by atoms with van der Waals surface area (Å²) in [5.74, 6) is 0.425. The molecule has 25 heavy (non-hydrogen) atoms. The molecule has 2 aromatic heterocycles. The summed E-state index contributed by atoms with van der Waals surface area (Å²) in [6.07, 6.45) is 3.75. The fourth-order valence-corrected chi connectivity index (χ4v) is 2.69. The van der Waals surface area contributed by atoms with Crippen molar-refractivity contribution >= 4 is 33.3 Å². The lowest BCUT2D eigenvalue weighted by Gasteiger charge is -2.08. The Morgan fingerprint density at radius 1 is 1.00 bits per heavy atom. The maximum absolute atomic E-state index is 12.1. The highest BCUT2D eigenvalue weighted by atomic mass is 79.9. The Kier molecular flexibility index (Phi) is 5.74. The summed E-state index contributed by atoms with van der Waals surface area (Å²) in [6.45, 7) is 0.621. The van der Waals surface area contributed by atoms with Gasteiger partial charge in [-0.1, -0.05) is 40.2 Å². The second-order valence-corrected chi connectivity index (χ2v) is 6.28. The number of anilines is 2. The number of amides is 1. The predicted octanol–water partition coefficient (Wildman–Crippen LogP) is 4.03. The van der Waals surface area contributed by atoms with Crippen LogP contribution in [-0.4, -0.2) is 15.9 Å². The number of carbonyl (C=O) groups is 1. The molecular formula is C19H17BrN4O. The number of rotatable bonds is 6. The minimum Gasteiger partial charge on any atom is -0.378 e. The molecule has 5 nitrogen and oxygen atoms in total. The molecule has 6 heteroatoms. The molecule has 0 aliphatic rings. The first-order valence-corrected chi connectivity index (χ1v) is 8.63. The van der Waals surface area contributed by atoms with Crippen LogP contribution in [0.15, 0.2) is 71.5 Å². The minimum atomic E-state index is -0.103. The number of pyridine rings is 2. The zero-order valence-electron chi connectivity index (χ0n) is 13.4. The number of hydrogen-bond acceptors (Lipinski definition) is 4. The quantitative estimate of drug-likeness (QED) is 0.659. The van der Waals surface area contributed by atoms with Crippen molar-refractivity contribution in [3.8, 4) is 0 Å². The molecule has 0 saturated carbocycles. The summed E-state index contributed by atoms with van der Waals surface area (Å²) in [4.78, 5) is 20.7. The molecule has 126 valence electrons. The van der Waals surface area contributed by atoms with Gasteiger partial charge in [-0.15, -0.1) is 0 Å². The van der Waals surface area contributed by atoms with Crippen LogP contribution in [0.5, 0.6) is 0 Å². The van der Waals surface area contributed by atoms with E-state index in [-0.39, 0.29) is 5.91 Å². The Hall–Kier alpha value is -2.73. The Morgan fingerprint density at radius 3 is 2.56 bits per heavy atom. The summed E-state index contributed by atoms with van der Waals surface area (Å²) in [7, 11) is 0. The third kappa shape index (κ3) is 5.12. The molecule has 3 aromatic rings. The average molecular weight is 397 g/mol. The number of carbonyl (C=O) groups excluding carboxylic acids is 1. The van der Waals surface area contributed by atoms with Crippen LogP contribution in [0.25, 0.3) is 0 Å². The van der Waals surface area contributed by atoms with Gasteiger partial charge in [0, 0.05) is 10.7 Å². The topological polar surface area (TPSA) is 66.9 Å². The highest BCUT2D eigenvalue weighted by Gasteiger charge is 2.07. The van der Waals surface area contributed by atoms with E-state index in [9.17, 15) is 4.79 Å². The molecule has 0 fully saturated rings. The third-order valence-electron chi connectivity index (χ3n) is 3.54. The zero-order valence-corrected chi connectivity index (χ0v) is 15.0. The van der Waals surface area contributed by atoms with Crippen LogP contribution < -0.4 is 10.6 Å². The van der Waals surface area contributed by atoms with E-state index in [1.807, 2.05) is 48.5 Å². The van der Waals surface area contributed by atoms with Gasteiger partial charge in [-0.25, -0.2) is 4.98 Å². The first kappa shape index (κ1) is 17.1. The van der Waals surface area contributed by atoms with Crippen molar-refractivity contribution in [1.82, 2.24) is 9.97 Å². The normalized spacial score (nSPS) is 10.3. The van der Waals surface area contributed by atoms with E-state index in [4.69, 9.17) is 0 Å².